The molecule has 142 valence electrons. The summed E-state index contributed by atoms with van der Waals surface area (Å²) >= 11 is 0. The number of imide groups is 1. The van der Waals surface area contributed by atoms with Gasteiger partial charge in [0.15, 0.2) is 0 Å². The Kier molecular flexibility index (Phi) is 4.52. The van der Waals surface area contributed by atoms with Crippen molar-refractivity contribution in [2.24, 2.45) is 5.92 Å². The summed E-state index contributed by atoms with van der Waals surface area (Å²) in [5, 5.41) is 0.476. The first-order valence-corrected chi connectivity index (χ1v) is 8.70. The van der Waals surface area contributed by atoms with Crippen LogP contribution in [-0.2, 0) is 21.0 Å². The van der Waals surface area contributed by atoms with Gasteiger partial charge in [0.25, 0.3) is 11.8 Å². The molecule has 0 radical (unpaired) electrons. The molecule has 1 saturated heterocycles. The SMILES string of the molecule is O=C(ON1C(=O)c2ccccc2C1=O)C1CN(C(=O)OCc2ccccc2)C1. The quantitative estimate of drug-likeness (QED) is 0.754. The zero-order valence-electron chi connectivity index (χ0n) is 14.7. The number of carbonyl (C=O) groups excluding carboxylic acids is 4. The number of hydroxylamine groups is 2. The molecule has 2 heterocycles. The topological polar surface area (TPSA) is 93.2 Å². The average Bonchev–Trinajstić information content (AvgIpc) is 2.91. The number of likely N-dealkylation sites (tertiary alicyclic amines) is 1. The number of ether oxygens (including phenoxy) is 1. The van der Waals surface area contributed by atoms with E-state index in [1.807, 2.05) is 30.3 Å². The maximum Gasteiger partial charge on any atom is 0.410 e. The molecule has 2 aliphatic heterocycles. The first kappa shape index (κ1) is 17.7. The molecule has 0 spiro atoms. The lowest BCUT2D eigenvalue weighted by Gasteiger charge is -2.36. The molecule has 2 aromatic carbocycles. The molecule has 2 aliphatic rings. The van der Waals surface area contributed by atoms with Crippen molar-refractivity contribution in [3.8, 4) is 0 Å². The molecule has 0 aromatic heterocycles. The Bertz CT molecular complexity index is 917. The van der Waals surface area contributed by atoms with E-state index < -0.39 is 29.8 Å². The zero-order chi connectivity index (χ0) is 19.7. The number of fused-ring (bicyclic) bond motifs is 1. The molecule has 2 aromatic rings. The van der Waals surface area contributed by atoms with Crippen LogP contribution in [0.15, 0.2) is 54.6 Å². The van der Waals surface area contributed by atoms with Gasteiger partial charge in [-0.1, -0.05) is 47.5 Å². The molecule has 0 saturated carbocycles. The Balaban J connectivity index is 1.27. The molecule has 0 atom stereocenters. The van der Waals surface area contributed by atoms with Gasteiger partial charge in [-0.3, -0.25) is 9.59 Å². The lowest BCUT2D eigenvalue weighted by molar-refractivity contribution is -0.178. The fourth-order valence-corrected chi connectivity index (χ4v) is 3.00. The van der Waals surface area contributed by atoms with Crippen LogP contribution in [0.25, 0.3) is 0 Å². The van der Waals surface area contributed by atoms with Crippen LogP contribution in [0.3, 0.4) is 0 Å². The van der Waals surface area contributed by atoms with Crippen molar-refractivity contribution in [2.45, 2.75) is 6.61 Å². The number of nitrogens with zero attached hydrogens (tertiary/aromatic N) is 2. The molecular formula is C20H16N2O6. The van der Waals surface area contributed by atoms with Gasteiger partial charge in [-0.05, 0) is 17.7 Å². The maximum atomic E-state index is 12.2. The number of benzene rings is 2. The number of hydrogen-bond acceptors (Lipinski definition) is 6. The van der Waals surface area contributed by atoms with Crippen molar-refractivity contribution in [3.05, 3.63) is 71.3 Å². The summed E-state index contributed by atoms with van der Waals surface area (Å²) in [6, 6.07) is 15.5. The number of amides is 3. The molecule has 28 heavy (non-hydrogen) atoms. The van der Waals surface area contributed by atoms with Gasteiger partial charge < -0.3 is 14.5 Å². The lowest BCUT2D eigenvalue weighted by atomic mass is 10.0. The van der Waals surface area contributed by atoms with Crippen LogP contribution in [0.2, 0.25) is 0 Å². The van der Waals surface area contributed by atoms with Gasteiger partial charge in [-0.25, -0.2) is 9.59 Å². The highest BCUT2D eigenvalue weighted by Crippen LogP contribution is 2.25. The van der Waals surface area contributed by atoms with Gasteiger partial charge in [-0.15, -0.1) is 0 Å². The van der Waals surface area contributed by atoms with E-state index in [2.05, 4.69) is 0 Å². The second kappa shape index (κ2) is 7.15. The van der Waals surface area contributed by atoms with Crippen LogP contribution in [0.4, 0.5) is 4.79 Å². The van der Waals surface area contributed by atoms with Gasteiger partial charge >= 0.3 is 12.1 Å². The summed E-state index contributed by atoms with van der Waals surface area (Å²) in [7, 11) is 0. The summed E-state index contributed by atoms with van der Waals surface area (Å²) in [6.07, 6.45) is -0.534. The molecule has 8 nitrogen and oxygen atoms in total. The average molecular weight is 380 g/mol. The predicted octanol–water partition coefficient (Wildman–Crippen LogP) is 2.01. The highest BCUT2D eigenvalue weighted by Gasteiger charge is 2.43. The van der Waals surface area contributed by atoms with E-state index in [-0.39, 0.29) is 30.8 Å². The highest BCUT2D eigenvalue weighted by atomic mass is 16.7. The zero-order valence-corrected chi connectivity index (χ0v) is 14.7. The first-order valence-electron chi connectivity index (χ1n) is 8.70. The Morgan fingerprint density at radius 1 is 0.893 bits per heavy atom. The van der Waals surface area contributed by atoms with Gasteiger partial charge in [-0.2, -0.15) is 0 Å². The second-order valence-corrected chi connectivity index (χ2v) is 6.50. The Morgan fingerprint density at radius 2 is 1.46 bits per heavy atom. The van der Waals surface area contributed by atoms with Gasteiger partial charge in [0.05, 0.1) is 17.0 Å². The molecule has 8 heteroatoms. The van der Waals surface area contributed by atoms with Crippen molar-refractivity contribution in [1.29, 1.82) is 0 Å². The van der Waals surface area contributed by atoms with E-state index in [1.165, 1.54) is 17.0 Å². The van der Waals surface area contributed by atoms with Gasteiger partial charge in [0, 0.05) is 13.1 Å². The minimum atomic E-state index is -0.735. The summed E-state index contributed by atoms with van der Waals surface area (Å²) in [5.41, 5.74) is 1.25. The summed E-state index contributed by atoms with van der Waals surface area (Å²) in [5.74, 6) is -2.70. The van der Waals surface area contributed by atoms with Crippen molar-refractivity contribution in [1.82, 2.24) is 9.96 Å². The van der Waals surface area contributed by atoms with E-state index in [4.69, 9.17) is 9.57 Å². The minimum Gasteiger partial charge on any atom is -0.445 e. The fourth-order valence-electron chi connectivity index (χ4n) is 3.00. The predicted molar refractivity (Wildman–Crippen MR) is 94.7 cm³/mol. The van der Waals surface area contributed by atoms with E-state index >= 15 is 0 Å². The highest BCUT2D eigenvalue weighted by molar-refractivity contribution is 6.20. The molecule has 4 rings (SSSR count). The Labute approximate surface area is 160 Å². The molecule has 0 aliphatic carbocycles. The smallest absolute Gasteiger partial charge is 0.410 e. The molecular weight excluding hydrogens is 364 g/mol. The second-order valence-electron chi connectivity index (χ2n) is 6.50. The monoisotopic (exact) mass is 380 g/mol. The molecule has 0 bridgehead atoms. The van der Waals surface area contributed by atoms with Crippen LogP contribution in [-0.4, -0.2) is 46.9 Å². The molecule has 1 fully saturated rings. The number of carbonyl (C=O) groups is 4. The van der Waals surface area contributed by atoms with E-state index in [1.54, 1.807) is 12.1 Å². The van der Waals surface area contributed by atoms with E-state index in [0.29, 0.717) is 5.06 Å². The maximum absolute atomic E-state index is 12.2. The normalized spacial score (nSPS) is 15.9. The van der Waals surface area contributed by atoms with Crippen LogP contribution in [0.5, 0.6) is 0 Å². The van der Waals surface area contributed by atoms with Crippen molar-refractivity contribution in [3.63, 3.8) is 0 Å². The van der Waals surface area contributed by atoms with Gasteiger partial charge in [0.2, 0.25) is 0 Å². The summed E-state index contributed by atoms with van der Waals surface area (Å²) in [6.45, 7) is 0.353. The Morgan fingerprint density at radius 3 is 2.07 bits per heavy atom. The van der Waals surface area contributed by atoms with Crippen LogP contribution in [0, 0.1) is 5.92 Å². The van der Waals surface area contributed by atoms with Crippen molar-refractivity contribution in [2.75, 3.05) is 13.1 Å². The van der Waals surface area contributed by atoms with E-state index in [9.17, 15) is 19.2 Å². The minimum absolute atomic E-state index is 0.107. The van der Waals surface area contributed by atoms with Crippen LogP contribution < -0.4 is 0 Å². The third kappa shape index (κ3) is 3.20. The third-order valence-electron chi connectivity index (χ3n) is 4.62. The number of rotatable bonds is 4. The van der Waals surface area contributed by atoms with E-state index in [0.717, 1.165) is 5.56 Å². The molecule has 0 N–H and O–H groups in total. The third-order valence-corrected chi connectivity index (χ3v) is 4.62. The largest absolute Gasteiger partial charge is 0.445 e. The fraction of sp³-hybridized carbons (Fsp3) is 0.200. The first-order chi connectivity index (χ1) is 13.5. The summed E-state index contributed by atoms with van der Waals surface area (Å²) < 4.78 is 5.19. The van der Waals surface area contributed by atoms with Crippen molar-refractivity contribution < 1.29 is 28.8 Å². The molecule has 0 unspecified atom stereocenters. The van der Waals surface area contributed by atoms with Gasteiger partial charge in [0.1, 0.15) is 6.61 Å². The lowest BCUT2D eigenvalue weighted by Crippen LogP contribution is -2.54. The van der Waals surface area contributed by atoms with Crippen molar-refractivity contribution >= 4 is 23.9 Å². The summed E-state index contributed by atoms with van der Waals surface area (Å²) in [4.78, 5) is 55.0. The van der Waals surface area contributed by atoms with Crippen LogP contribution >= 0.6 is 0 Å². The number of hydrogen-bond donors (Lipinski definition) is 0. The Hall–Kier alpha value is -3.68. The standard InChI is InChI=1S/C20H16N2O6/c23-17-15-8-4-5-9-16(15)18(24)22(17)28-19(25)14-10-21(11-14)20(26)27-12-13-6-2-1-3-7-13/h1-9,14H,10-12H2. The molecule has 3 amide bonds. The van der Waals surface area contributed by atoms with Crippen LogP contribution in [0.1, 0.15) is 26.3 Å².